The molecule has 1 aliphatic heterocycles. The molecule has 1 fully saturated rings. The third-order valence-corrected chi connectivity index (χ3v) is 2.80. The average molecular weight is 286 g/mol. The second-order valence-electron chi connectivity index (χ2n) is 3.84. The molecule has 0 saturated carbocycles. The molecule has 0 N–H and O–H groups in total. The molecule has 0 aliphatic carbocycles. The second-order valence-corrected chi connectivity index (χ2v) is 5.21. The van der Waals surface area contributed by atoms with Gasteiger partial charge in [-0.25, -0.2) is 8.78 Å². The van der Waals surface area contributed by atoms with Gasteiger partial charge in [-0.15, -0.1) is 0 Å². The fourth-order valence-electron chi connectivity index (χ4n) is 1.46. The third-order valence-electron chi connectivity index (χ3n) is 2.41. The minimum absolute atomic E-state index is 0.0561. The molecule has 1 amide bonds. The van der Waals surface area contributed by atoms with Crippen molar-refractivity contribution in [1.29, 1.82) is 0 Å². The molecule has 1 saturated heterocycles. The highest BCUT2D eigenvalue weighted by Crippen LogP contribution is 2.25. The number of hydrogen-bond donors (Lipinski definition) is 0. The summed E-state index contributed by atoms with van der Waals surface area (Å²) in [5.74, 6) is -0.176. The lowest BCUT2D eigenvalue weighted by Crippen LogP contribution is -2.56. The molecule has 0 aromatic heterocycles. The van der Waals surface area contributed by atoms with Gasteiger partial charge < -0.3 is 9.64 Å². The summed E-state index contributed by atoms with van der Waals surface area (Å²) in [6, 6.07) is 0. The Labute approximate surface area is 95.9 Å². The third kappa shape index (κ3) is 2.87. The quantitative estimate of drug-likeness (QED) is 0.722. The lowest BCUT2D eigenvalue weighted by atomic mass is 10.1. The number of carbonyl (C=O) groups is 1. The second kappa shape index (κ2) is 4.74. The first-order chi connectivity index (χ1) is 6.87. The Kier molecular flexibility index (Phi) is 4.06. The van der Waals surface area contributed by atoms with Crippen LogP contribution in [0.1, 0.15) is 13.8 Å². The normalized spacial score (nSPS) is 29.3. The van der Waals surface area contributed by atoms with E-state index in [1.54, 1.807) is 6.92 Å². The van der Waals surface area contributed by atoms with E-state index in [2.05, 4.69) is 15.9 Å². The van der Waals surface area contributed by atoms with E-state index in [0.717, 1.165) is 0 Å². The van der Waals surface area contributed by atoms with E-state index in [0.29, 0.717) is 6.54 Å². The highest BCUT2D eigenvalue weighted by molar-refractivity contribution is 9.10. The number of halogens is 3. The zero-order valence-electron chi connectivity index (χ0n) is 8.67. The van der Waals surface area contributed by atoms with Crippen LogP contribution in [0.4, 0.5) is 8.78 Å². The highest BCUT2D eigenvalue weighted by atomic mass is 79.9. The van der Waals surface area contributed by atoms with Crippen molar-refractivity contribution >= 4 is 21.8 Å². The molecule has 0 aromatic rings. The van der Waals surface area contributed by atoms with Gasteiger partial charge in [-0.2, -0.15) is 0 Å². The van der Waals surface area contributed by atoms with Crippen molar-refractivity contribution in [3.8, 4) is 0 Å². The largest absolute Gasteiger partial charge is 0.366 e. The first kappa shape index (κ1) is 12.8. The number of carbonyl (C=O) groups excluding carboxylic acids is 1. The van der Waals surface area contributed by atoms with Crippen molar-refractivity contribution in [3.63, 3.8) is 0 Å². The van der Waals surface area contributed by atoms with Crippen molar-refractivity contribution in [1.82, 2.24) is 4.90 Å². The molecule has 6 heteroatoms. The Bertz CT molecular complexity index is 250. The van der Waals surface area contributed by atoms with Crippen molar-refractivity contribution < 1.29 is 18.3 Å². The summed E-state index contributed by atoms with van der Waals surface area (Å²) in [5, 5.41) is 0. The molecule has 88 valence electrons. The van der Waals surface area contributed by atoms with E-state index in [1.165, 1.54) is 11.8 Å². The monoisotopic (exact) mass is 285 g/mol. The van der Waals surface area contributed by atoms with Crippen LogP contribution >= 0.6 is 15.9 Å². The fourth-order valence-corrected chi connectivity index (χ4v) is 1.75. The molecule has 1 heterocycles. The Hall–Kier alpha value is -0.230. The first-order valence-electron chi connectivity index (χ1n) is 4.72. The summed E-state index contributed by atoms with van der Waals surface area (Å²) in [6.45, 7) is 3.48. The number of amides is 1. The van der Waals surface area contributed by atoms with Crippen LogP contribution in [0.5, 0.6) is 0 Å². The van der Waals surface area contributed by atoms with Gasteiger partial charge in [-0.1, -0.05) is 15.9 Å². The van der Waals surface area contributed by atoms with Crippen LogP contribution in [0.25, 0.3) is 0 Å². The molecule has 2 unspecified atom stereocenters. The minimum atomic E-state index is -2.58. The van der Waals surface area contributed by atoms with Crippen LogP contribution in [0.3, 0.4) is 0 Å². The van der Waals surface area contributed by atoms with Crippen molar-refractivity contribution in [2.75, 3.05) is 19.7 Å². The van der Waals surface area contributed by atoms with Gasteiger partial charge in [-0.05, 0) is 13.8 Å². The van der Waals surface area contributed by atoms with Gasteiger partial charge in [0, 0.05) is 6.54 Å². The van der Waals surface area contributed by atoms with Crippen LogP contribution in [0, 0.1) is 0 Å². The number of morpholine rings is 1. The molecule has 0 radical (unpaired) electrons. The number of hydrogen-bond acceptors (Lipinski definition) is 2. The number of rotatable bonds is 2. The zero-order chi connectivity index (χ0) is 11.6. The Morgan fingerprint density at radius 2 is 2.20 bits per heavy atom. The molecule has 15 heavy (non-hydrogen) atoms. The molecular formula is C9H14BrF2NO2. The summed E-state index contributed by atoms with van der Waals surface area (Å²) in [4.78, 5) is 12.6. The van der Waals surface area contributed by atoms with Crippen molar-refractivity contribution in [2.24, 2.45) is 0 Å². The van der Waals surface area contributed by atoms with E-state index in [4.69, 9.17) is 4.74 Å². The van der Waals surface area contributed by atoms with E-state index in [9.17, 15) is 13.6 Å². The maximum atomic E-state index is 12.7. The minimum Gasteiger partial charge on any atom is -0.366 e. The van der Waals surface area contributed by atoms with Gasteiger partial charge >= 0.3 is 0 Å². The highest BCUT2D eigenvalue weighted by Gasteiger charge is 2.42. The molecule has 0 bridgehead atoms. The smallest absolute Gasteiger partial charge is 0.268 e. The summed E-state index contributed by atoms with van der Waals surface area (Å²) in [7, 11) is 0. The summed E-state index contributed by atoms with van der Waals surface area (Å²) in [6.07, 6.45) is -2.58. The number of nitrogens with zero attached hydrogens (tertiary/aromatic N) is 1. The maximum absolute atomic E-state index is 12.7. The van der Waals surface area contributed by atoms with Gasteiger partial charge in [-0.3, -0.25) is 4.79 Å². The van der Waals surface area contributed by atoms with E-state index in [-0.39, 0.29) is 23.9 Å². The summed E-state index contributed by atoms with van der Waals surface area (Å²) in [5.41, 5.74) is -1.53. The number of alkyl halides is 3. The lowest BCUT2D eigenvalue weighted by Gasteiger charge is -2.40. The predicted molar refractivity (Wildman–Crippen MR) is 55.3 cm³/mol. The molecule has 1 rings (SSSR count). The lowest BCUT2D eigenvalue weighted by molar-refractivity contribution is -0.177. The average Bonchev–Trinajstić information content (AvgIpc) is 2.16. The van der Waals surface area contributed by atoms with E-state index >= 15 is 0 Å². The van der Waals surface area contributed by atoms with E-state index in [1.807, 2.05) is 0 Å². The van der Waals surface area contributed by atoms with Gasteiger partial charge in [0.15, 0.2) is 0 Å². The zero-order valence-corrected chi connectivity index (χ0v) is 10.3. The molecule has 1 aliphatic rings. The first-order valence-corrected chi connectivity index (χ1v) is 5.63. The standard InChI is InChI=1S/C9H14BrF2NO2/c1-6(10)7(14)13-3-4-15-9(2,5-13)8(11)12/h6,8H,3-5H2,1-2H3. The molecule has 0 aromatic carbocycles. The van der Waals surface area contributed by atoms with Crippen molar-refractivity contribution in [3.05, 3.63) is 0 Å². The summed E-state index contributed by atoms with van der Waals surface area (Å²) < 4.78 is 30.4. The molecular weight excluding hydrogens is 272 g/mol. The Balaban J connectivity index is 2.68. The predicted octanol–water partition coefficient (Wildman–Crippen LogP) is 1.65. The van der Waals surface area contributed by atoms with Crippen LogP contribution in [-0.4, -0.2) is 47.4 Å². The summed E-state index contributed by atoms with van der Waals surface area (Å²) >= 11 is 3.13. The Morgan fingerprint density at radius 3 is 2.67 bits per heavy atom. The Morgan fingerprint density at radius 1 is 1.60 bits per heavy atom. The maximum Gasteiger partial charge on any atom is 0.268 e. The van der Waals surface area contributed by atoms with Crippen LogP contribution < -0.4 is 0 Å². The molecule has 2 atom stereocenters. The van der Waals surface area contributed by atoms with Crippen LogP contribution in [0.15, 0.2) is 0 Å². The van der Waals surface area contributed by atoms with Gasteiger partial charge in [0.05, 0.1) is 18.0 Å². The van der Waals surface area contributed by atoms with Crippen LogP contribution in [-0.2, 0) is 9.53 Å². The van der Waals surface area contributed by atoms with Gasteiger partial charge in [0.1, 0.15) is 5.60 Å². The topological polar surface area (TPSA) is 29.5 Å². The van der Waals surface area contributed by atoms with Gasteiger partial charge in [0.2, 0.25) is 5.91 Å². The van der Waals surface area contributed by atoms with Crippen LogP contribution in [0.2, 0.25) is 0 Å². The van der Waals surface area contributed by atoms with Crippen molar-refractivity contribution in [2.45, 2.75) is 30.7 Å². The SMILES string of the molecule is CC(Br)C(=O)N1CCOC(C)(C(F)F)C1. The molecule has 0 spiro atoms. The van der Waals surface area contributed by atoms with Gasteiger partial charge in [0.25, 0.3) is 6.43 Å². The number of ether oxygens (including phenoxy) is 1. The molecule has 3 nitrogen and oxygen atoms in total. The van der Waals surface area contributed by atoms with E-state index < -0.39 is 12.0 Å². The fraction of sp³-hybridized carbons (Fsp3) is 0.889.